The lowest BCUT2D eigenvalue weighted by atomic mass is 10.0. The number of pyridine rings is 1. The van der Waals surface area contributed by atoms with Crippen LogP contribution in [0.25, 0.3) is 10.9 Å². The molecule has 3 nitrogen and oxygen atoms in total. The molecule has 0 bridgehead atoms. The zero-order chi connectivity index (χ0) is 14.0. The van der Waals surface area contributed by atoms with Gasteiger partial charge in [-0.25, -0.2) is 0 Å². The van der Waals surface area contributed by atoms with Gasteiger partial charge in [0.05, 0.1) is 11.1 Å². The molecule has 20 heavy (non-hydrogen) atoms. The smallest absolute Gasteiger partial charge is 0.0771 e. The monoisotopic (exact) mass is 270 g/mol. The van der Waals surface area contributed by atoms with Crippen molar-refractivity contribution < 1.29 is 5.11 Å². The normalized spacial score (nSPS) is 17.7. The SMILES string of the molecule is Cc1cc(CNCC2(O)CCCC2)c2ccccc2n1. The van der Waals surface area contributed by atoms with Gasteiger partial charge in [-0.05, 0) is 37.5 Å². The minimum atomic E-state index is -0.488. The molecule has 2 N–H and O–H groups in total. The van der Waals surface area contributed by atoms with E-state index in [2.05, 4.69) is 28.5 Å². The standard InChI is InChI=1S/C17H22N2O/c1-13-10-14(15-6-2-3-7-16(15)19-13)11-18-12-17(20)8-4-5-9-17/h2-3,6-7,10,18,20H,4-5,8-9,11-12H2,1H3. The summed E-state index contributed by atoms with van der Waals surface area (Å²) in [4.78, 5) is 4.56. The summed E-state index contributed by atoms with van der Waals surface area (Å²) in [5.41, 5.74) is 2.86. The third-order valence-electron chi connectivity index (χ3n) is 4.23. The van der Waals surface area contributed by atoms with Gasteiger partial charge in [-0.2, -0.15) is 0 Å². The highest BCUT2D eigenvalue weighted by Crippen LogP contribution is 2.28. The molecule has 106 valence electrons. The van der Waals surface area contributed by atoms with Crippen molar-refractivity contribution in [1.29, 1.82) is 0 Å². The van der Waals surface area contributed by atoms with Gasteiger partial charge >= 0.3 is 0 Å². The predicted octanol–water partition coefficient (Wildman–Crippen LogP) is 2.94. The maximum atomic E-state index is 10.4. The minimum absolute atomic E-state index is 0.488. The number of benzene rings is 1. The van der Waals surface area contributed by atoms with E-state index in [-0.39, 0.29) is 0 Å². The van der Waals surface area contributed by atoms with Crippen LogP contribution in [0.15, 0.2) is 30.3 Å². The predicted molar refractivity (Wildman–Crippen MR) is 81.6 cm³/mol. The van der Waals surface area contributed by atoms with Crippen molar-refractivity contribution in [3.05, 3.63) is 41.6 Å². The van der Waals surface area contributed by atoms with Crippen LogP contribution in [0.5, 0.6) is 0 Å². The summed E-state index contributed by atoms with van der Waals surface area (Å²) in [5, 5.41) is 15.0. The molecule has 0 aliphatic heterocycles. The first-order valence-corrected chi connectivity index (χ1v) is 7.45. The summed E-state index contributed by atoms with van der Waals surface area (Å²) in [5.74, 6) is 0. The van der Waals surface area contributed by atoms with Crippen molar-refractivity contribution in [3.8, 4) is 0 Å². The Hall–Kier alpha value is -1.45. The molecule has 1 heterocycles. The van der Waals surface area contributed by atoms with Crippen LogP contribution in [0.2, 0.25) is 0 Å². The molecule has 1 saturated carbocycles. The lowest BCUT2D eigenvalue weighted by Crippen LogP contribution is -2.37. The van der Waals surface area contributed by atoms with Gasteiger partial charge in [0.15, 0.2) is 0 Å². The van der Waals surface area contributed by atoms with Crippen LogP contribution in [0.1, 0.15) is 36.9 Å². The first-order chi connectivity index (χ1) is 9.66. The Morgan fingerprint density at radius 2 is 2.00 bits per heavy atom. The summed E-state index contributed by atoms with van der Waals surface area (Å²) in [6.45, 7) is 3.50. The number of hydrogen-bond donors (Lipinski definition) is 2. The van der Waals surface area contributed by atoms with E-state index in [1.54, 1.807) is 0 Å². The second-order valence-electron chi connectivity index (χ2n) is 5.97. The van der Waals surface area contributed by atoms with Gasteiger partial charge in [-0.3, -0.25) is 4.98 Å². The number of nitrogens with one attached hydrogen (secondary N) is 1. The van der Waals surface area contributed by atoms with Crippen molar-refractivity contribution in [2.45, 2.75) is 44.8 Å². The summed E-state index contributed by atoms with van der Waals surface area (Å²) in [6, 6.07) is 10.4. The molecule has 1 aliphatic carbocycles. The maximum Gasteiger partial charge on any atom is 0.0771 e. The van der Waals surface area contributed by atoms with E-state index >= 15 is 0 Å². The lowest BCUT2D eigenvalue weighted by Gasteiger charge is -2.22. The second-order valence-corrected chi connectivity index (χ2v) is 5.97. The van der Waals surface area contributed by atoms with Gasteiger partial charge < -0.3 is 10.4 Å². The van der Waals surface area contributed by atoms with Crippen molar-refractivity contribution in [1.82, 2.24) is 10.3 Å². The number of aromatic nitrogens is 1. The Morgan fingerprint density at radius 1 is 1.25 bits per heavy atom. The molecule has 0 atom stereocenters. The molecule has 2 aromatic rings. The van der Waals surface area contributed by atoms with E-state index in [9.17, 15) is 5.11 Å². The minimum Gasteiger partial charge on any atom is -0.389 e. The third kappa shape index (κ3) is 2.84. The van der Waals surface area contributed by atoms with Crippen LogP contribution in [0.4, 0.5) is 0 Å². The maximum absolute atomic E-state index is 10.4. The highest BCUT2D eigenvalue weighted by atomic mass is 16.3. The largest absolute Gasteiger partial charge is 0.389 e. The highest BCUT2D eigenvalue weighted by Gasteiger charge is 2.30. The Bertz CT molecular complexity index is 603. The number of hydrogen-bond acceptors (Lipinski definition) is 3. The molecule has 0 radical (unpaired) electrons. The topological polar surface area (TPSA) is 45.1 Å². The number of fused-ring (bicyclic) bond motifs is 1. The van der Waals surface area contributed by atoms with Crippen LogP contribution in [-0.2, 0) is 6.54 Å². The molecule has 0 spiro atoms. The number of nitrogens with zero attached hydrogens (tertiary/aromatic N) is 1. The van der Waals surface area contributed by atoms with E-state index in [1.165, 1.54) is 10.9 Å². The molecular formula is C17H22N2O. The molecule has 0 saturated heterocycles. The lowest BCUT2D eigenvalue weighted by molar-refractivity contribution is 0.0475. The molecule has 1 aromatic heterocycles. The van der Waals surface area contributed by atoms with Gasteiger partial charge in [0.1, 0.15) is 0 Å². The van der Waals surface area contributed by atoms with E-state index < -0.39 is 5.60 Å². The van der Waals surface area contributed by atoms with Gasteiger partial charge in [0, 0.05) is 24.2 Å². The first kappa shape index (κ1) is 13.5. The summed E-state index contributed by atoms with van der Waals surface area (Å²) in [6.07, 6.45) is 4.15. The van der Waals surface area contributed by atoms with Crippen molar-refractivity contribution in [2.24, 2.45) is 0 Å². The van der Waals surface area contributed by atoms with Crippen molar-refractivity contribution in [3.63, 3.8) is 0 Å². The van der Waals surface area contributed by atoms with Gasteiger partial charge in [0.25, 0.3) is 0 Å². The number of aryl methyl sites for hydroxylation is 1. The third-order valence-corrected chi connectivity index (χ3v) is 4.23. The van der Waals surface area contributed by atoms with Crippen molar-refractivity contribution in [2.75, 3.05) is 6.54 Å². The molecule has 0 amide bonds. The van der Waals surface area contributed by atoms with Crippen LogP contribution >= 0.6 is 0 Å². The fourth-order valence-corrected chi connectivity index (χ4v) is 3.18. The molecule has 3 rings (SSSR count). The average molecular weight is 270 g/mol. The highest BCUT2D eigenvalue weighted by molar-refractivity contribution is 5.82. The van der Waals surface area contributed by atoms with Crippen LogP contribution in [-0.4, -0.2) is 22.2 Å². The van der Waals surface area contributed by atoms with E-state index in [1.807, 2.05) is 19.1 Å². The Labute approximate surface area is 120 Å². The van der Waals surface area contributed by atoms with E-state index in [0.717, 1.165) is 43.4 Å². The second kappa shape index (κ2) is 5.51. The molecular weight excluding hydrogens is 248 g/mol. The number of aliphatic hydroxyl groups is 1. The Balaban J connectivity index is 1.74. The fraction of sp³-hybridized carbons (Fsp3) is 0.471. The molecule has 0 unspecified atom stereocenters. The number of rotatable bonds is 4. The molecule has 1 fully saturated rings. The van der Waals surface area contributed by atoms with Gasteiger partial charge in [-0.15, -0.1) is 0 Å². The van der Waals surface area contributed by atoms with E-state index in [0.29, 0.717) is 6.54 Å². The van der Waals surface area contributed by atoms with Crippen LogP contribution < -0.4 is 5.32 Å². The zero-order valence-corrected chi connectivity index (χ0v) is 12.0. The molecule has 3 heteroatoms. The summed E-state index contributed by atoms with van der Waals surface area (Å²) < 4.78 is 0. The zero-order valence-electron chi connectivity index (χ0n) is 12.0. The number of para-hydroxylation sites is 1. The molecule has 1 aromatic carbocycles. The average Bonchev–Trinajstić information content (AvgIpc) is 2.85. The Kier molecular flexibility index (Phi) is 3.72. The summed E-state index contributed by atoms with van der Waals surface area (Å²) >= 11 is 0. The van der Waals surface area contributed by atoms with Crippen LogP contribution in [0, 0.1) is 6.92 Å². The summed E-state index contributed by atoms with van der Waals surface area (Å²) in [7, 11) is 0. The first-order valence-electron chi connectivity index (χ1n) is 7.45. The fourth-order valence-electron chi connectivity index (χ4n) is 3.18. The Morgan fingerprint density at radius 3 is 2.80 bits per heavy atom. The quantitative estimate of drug-likeness (QED) is 0.898. The van der Waals surface area contributed by atoms with Gasteiger partial charge in [0.2, 0.25) is 0 Å². The van der Waals surface area contributed by atoms with E-state index in [4.69, 9.17) is 0 Å². The van der Waals surface area contributed by atoms with Gasteiger partial charge in [-0.1, -0.05) is 31.0 Å². The van der Waals surface area contributed by atoms with Crippen LogP contribution in [0.3, 0.4) is 0 Å². The van der Waals surface area contributed by atoms with Crippen molar-refractivity contribution >= 4 is 10.9 Å². The molecule has 1 aliphatic rings.